The molecular weight excluding hydrogens is 289 g/mol. The zero-order chi connectivity index (χ0) is 15.1. The van der Waals surface area contributed by atoms with E-state index in [1.54, 1.807) is 6.92 Å². The molecule has 9 heteroatoms. The predicted molar refractivity (Wildman–Crippen MR) is 71.1 cm³/mol. The van der Waals surface area contributed by atoms with Gasteiger partial charge in [0.15, 0.2) is 0 Å². The Kier molecular flexibility index (Phi) is 8.29. The van der Waals surface area contributed by atoms with E-state index in [1.807, 2.05) is 0 Å². The van der Waals surface area contributed by atoms with Gasteiger partial charge < -0.3 is 15.7 Å². The first-order valence-corrected chi connectivity index (χ1v) is 5.58. The van der Waals surface area contributed by atoms with E-state index >= 15 is 0 Å². The molecule has 0 aliphatic heterocycles. The molecule has 0 aliphatic rings. The Morgan fingerprint density at radius 3 is 2.38 bits per heavy atom. The fraction of sp³-hybridized carbons (Fsp3) is 0.167. The molecule has 0 fully saturated rings. The summed E-state index contributed by atoms with van der Waals surface area (Å²) in [7, 11) is 0. The fourth-order valence-electron chi connectivity index (χ4n) is 1.31. The number of nitro groups is 1. The number of rotatable bonds is 6. The maximum absolute atomic E-state index is 11.6. The van der Waals surface area contributed by atoms with E-state index in [2.05, 4.69) is 10.6 Å². The standard InChI is InChI=1S/C12H13N3O5.Na/c1-8(13-7-12(17)18)6-11(16)14-9-2-4-10(5-3-9)15(19)20;/h2-6,13H,7H2,1H3,(H,14,16)(H,17,18);/q;+1/b8-6+;. The first-order chi connectivity index (χ1) is 9.38. The van der Waals surface area contributed by atoms with Gasteiger partial charge >= 0.3 is 35.5 Å². The van der Waals surface area contributed by atoms with Gasteiger partial charge in [-0.15, -0.1) is 0 Å². The van der Waals surface area contributed by atoms with E-state index in [-0.39, 0.29) is 41.8 Å². The van der Waals surface area contributed by atoms with E-state index in [0.717, 1.165) is 0 Å². The number of hydrogen-bond donors (Lipinski definition) is 3. The number of non-ortho nitro benzene ring substituents is 1. The van der Waals surface area contributed by atoms with Crippen molar-refractivity contribution >= 4 is 23.3 Å². The van der Waals surface area contributed by atoms with Crippen LogP contribution in [0.3, 0.4) is 0 Å². The molecule has 3 N–H and O–H groups in total. The number of anilines is 1. The second-order valence-electron chi connectivity index (χ2n) is 3.87. The molecular formula is C12H13N3NaO5+. The zero-order valence-corrected chi connectivity index (χ0v) is 13.6. The largest absolute Gasteiger partial charge is 1.00 e. The number of nitro benzene ring substituents is 1. The topological polar surface area (TPSA) is 122 Å². The zero-order valence-electron chi connectivity index (χ0n) is 11.6. The molecule has 0 aromatic heterocycles. The summed E-state index contributed by atoms with van der Waals surface area (Å²) in [5.41, 5.74) is 0.729. The van der Waals surface area contributed by atoms with Crippen molar-refractivity contribution in [2.45, 2.75) is 6.92 Å². The van der Waals surface area contributed by atoms with Gasteiger partial charge in [0.25, 0.3) is 5.69 Å². The number of benzene rings is 1. The van der Waals surface area contributed by atoms with Crippen molar-refractivity contribution in [3.8, 4) is 0 Å². The summed E-state index contributed by atoms with van der Waals surface area (Å²) in [6.45, 7) is 1.27. The summed E-state index contributed by atoms with van der Waals surface area (Å²) >= 11 is 0. The second-order valence-corrected chi connectivity index (χ2v) is 3.87. The van der Waals surface area contributed by atoms with E-state index in [0.29, 0.717) is 11.4 Å². The number of allylic oxidation sites excluding steroid dienone is 1. The molecule has 0 heterocycles. The maximum atomic E-state index is 11.6. The Morgan fingerprint density at radius 1 is 1.33 bits per heavy atom. The fourth-order valence-corrected chi connectivity index (χ4v) is 1.31. The molecule has 1 aromatic carbocycles. The average molecular weight is 302 g/mol. The monoisotopic (exact) mass is 302 g/mol. The van der Waals surface area contributed by atoms with Crippen molar-refractivity contribution in [3.63, 3.8) is 0 Å². The molecule has 0 saturated heterocycles. The Hall–Kier alpha value is -1.90. The van der Waals surface area contributed by atoms with Gasteiger partial charge in [0.2, 0.25) is 5.91 Å². The molecule has 1 amide bonds. The van der Waals surface area contributed by atoms with Gasteiger partial charge in [0, 0.05) is 29.6 Å². The molecule has 8 nitrogen and oxygen atoms in total. The SMILES string of the molecule is C/C(=C\C(=O)Nc1ccc([N+](=O)[O-])cc1)NCC(=O)O.[Na+]. The van der Waals surface area contributed by atoms with Crippen LogP contribution >= 0.6 is 0 Å². The van der Waals surface area contributed by atoms with Crippen LogP contribution < -0.4 is 40.2 Å². The molecule has 0 unspecified atom stereocenters. The van der Waals surface area contributed by atoms with Gasteiger partial charge in [-0.3, -0.25) is 19.7 Å². The minimum atomic E-state index is -1.03. The van der Waals surface area contributed by atoms with Crippen molar-refractivity contribution in [3.05, 3.63) is 46.2 Å². The molecule has 0 aliphatic carbocycles. The number of nitrogens with zero attached hydrogens (tertiary/aromatic N) is 1. The average Bonchev–Trinajstić information content (AvgIpc) is 2.36. The summed E-state index contributed by atoms with van der Waals surface area (Å²) in [5, 5.41) is 24.0. The van der Waals surface area contributed by atoms with Crippen LogP contribution in [-0.2, 0) is 9.59 Å². The Balaban J connectivity index is 0.00000400. The van der Waals surface area contributed by atoms with Crippen LogP contribution in [-0.4, -0.2) is 28.5 Å². The summed E-state index contributed by atoms with van der Waals surface area (Å²) in [4.78, 5) is 31.8. The Bertz CT molecular complexity index is 557. The first-order valence-electron chi connectivity index (χ1n) is 5.58. The molecule has 0 saturated carbocycles. The van der Waals surface area contributed by atoms with E-state index < -0.39 is 16.8 Å². The van der Waals surface area contributed by atoms with Crippen molar-refractivity contribution < 1.29 is 49.2 Å². The molecule has 0 atom stereocenters. The van der Waals surface area contributed by atoms with Crippen molar-refractivity contribution in [2.75, 3.05) is 11.9 Å². The molecule has 0 spiro atoms. The summed E-state index contributed by atoms with van der Waals surface area (Å²) in [6.07, 6.45) is 1.20. The van der Waals surface area contributed by atoms with Crippen LogP contribution in [0.1, 0.15) is 6.92 Å². The smallest absolute Gasteiger partial charge is 0.480 e. The minimum Gasteiger partial charge on any atom is -0.480 e. The second kappa shape index (κ2) is 9.11. The third-order valence-electron chi connectivity index (χ3n) is 2.21. The molecule has 21 heavy (non-hydrogen) atoms. The van der Waals surface area contributed by atoms with Gasteiger partial charge in [-0.2, -0.15) is 0 Å². The van der Waals surface area contributed by atoms with E-state index in [1.165, 1.54) is 30.3 Å². The van der Waals surface area contributed by atoms with Gasteiger partial charge in [-0.05, 0) is 19.1 Å². The van der Waals surface area contributed by atoms with Gasteiger partial charge in [0.05, 0.1) is 4.92 Å². The Morgan fingerprint density at radius 2 is 1.90 bits per heavy atom. The summed E-state index contributed by atoms with van der Waals surface area (Å²) in [5.74, 6) is -1.50. The Labute approximate surface area is 142 Å². The van der Waals surface area contributed by atoms with Crippen LogP contribution in [0.2, 0.25) is 0 Å². The number of aliphatic carboxylic acids is 1. The van der Waals surface area contributed by atoms with E-state index in [4.69, 9.17) is 5.11 Å². The molecule has 1 aromatic rings. The van der Waals surface area contributed by atoms with Crippen LogP contribution in [0.25, 0.3) is 0 Å². The number of hydrogen-bond acceptors (Lipinski definition) is 5. The predicted octanol–water partition coefficient (Wildman–Crippen LogP) is -1.88. The molecule has 106 valence electrons. The number of amides is 1. The van der Waals surface area contributed by atoms with E-state index in [9.17, 15) is 19.7 Å². The van der Waals surface area contributed by atoms with Gasteiger partial charge in [-0.1, -0.05) is 0 Å². The van der Waals surface area contributed by atoms with Crippen LogP contribution in [0, 0.1) is 10.1 Å². The number of carboxylic acids is 1. The number of carbonyl (C=O) groups is 2. The first kappa shape index (κ1) is 19.1. The number of carboxylic acid groups (broad SMARTS) is 1. The normalized spacial score (nSPS) is 10.2. The van der Waals surface area contributed by atoms with Gasteiger partial charge in [0.1, 0.15) is 6.54 Å². The van der Waals surface area contributed by atoms with Crippen LogP contribution in [0.15, 0.2) is 36.0 Å². The van der Waals surface area contributed by atoms with Crippen LogP contribution in [0.4, 0.5) is 11.4 Å². The van der Waals surface area contributed by atoms with Crippen LogP contribution in [0.5, 0.6) is 0 Å². The van der Waals surface area contributed by atoms with Crippen molar-refractivity contribution in [1.82, 2.24) is 5.32 Å². The minimum absolute atomic E-state index is 0. The van der Waals surface area contributed by atoms with Crippen molar-refractivity contribution in [1.29, 1.82) is 0 Å². The summed E-state index contributed by atoms with van der Waals surface area (Å²) < 4.78 is 0. The van der Waals surface area contributed by atoms with Gasteiger partial charge in [-0.25, -0.2) is 0 Å². The number of carbonyl (C=O) groups excluding carboxylic acids is 1. The third kappa shape index (κ3) is 7.45. The molecule has 0 radical (unpaired) electrons. The quantitative estimate of drug-likeness (QED) is 0.245. The maximum Gasteiger partial charge on any atom is 1.00 e. The van der Waals surface area contributed by atoms with Crippen molar-refractivity contribution in [2.24, 2.45) is 0 Å². The third-order valence-corrected chi connectivity index (χ3v) is 2.21. The molecule has 0 bridgehead atoms. The number of nitrogens with one attached hydrogen (secondary N) is 2. The molecule has 1 rings (SSSR count). The summed E-state index contributed by atoms with van der Waals surface area (Å²) in [6, 6.07) is 5.36.